The second kappa shape index (κ2) is 11.9. The Morgan fingerprint density at radius 2 is 1.91 bits per heavy atom. The first-order chi connectivity index (χ1) is 15.5. The number of esters is 1. The van der Waals surface area contributed by atoms with Crippen LogP contribution in [0.1, 0.15) is 33.6 Å². The molecule has 0 fully saturated rings. The highest BCUT2D eigenvalue weighted by atomic mass is 32.1. The lowest BCUT2D eigenvalue weighted by atomic mass is 10.1. The fraction of sp³-hybridized carbons (Fsp3) is 0.292. The normalized spacial score (nSPS) is 10.4. The van der Waals surface area contributed by atoms with E-state index in [1.54, 1.807) is 23.7 Å². The van der Waals surface area contributed by atoms with E-state index < -0.39 is 5.97 Å². The lowest BCUT2D eigenvalue weighted by molar-refractivity contribution is -0.121. The van der Waals surface area contributed by atoms with E-state index in [2.05, 4.69) is 10.3 Å². The summed E-state index contributed by atoms with van der Waals surface area (Å²) >= 11 is 1.49. The van der Waals surface area contributed by atoms with Crippen LogP contribution >= 0.6 is 11.3 Å². The Morgan fingerprint density at radius 1 is 1.09 bits per heavy atom. The summed E-state index contributed by atoms with van der Waals surface area (Å²) in [7, 11) is 1.51. The minimum absolute atomic E-state index is 0.0788. The third-order valence-corrected chi connectivity index (χ3v) is 5.31. The molecule has 1 aromatic heterocycles. The van der Waals surface area contributed by atoms with Crippen LogP contribution in [0.2, 0.25) is 0 Å². The highest BCUT2D eigenvalue weighted by Gasteiger charge is 2.13. The first-order valence-corrected chi connectivity index (χ1v) is 11.2. The predicted octanol–water partition coefficient (Wildman–Crippen LogP) is 3.94. The summed E-state index contributed by atoms with van der Waals surface area (Å²) < 4.78 is 16.3. The molecule has 2 aromatic carbocycles. The zero-order chi connectivity index (χ0) is 22.8. The highest BCUT2D eigenvalue weighted by Crippen LogP contribution is 2.29. The fourth-order valence-electron chi connectivity index (χ4n) is 2.89. The average Bonchev–Trinajstić information content (AvgIpc) is 3.33. The van der Waals surface area contributed by atoms with Gasteiger partial charge in [-0.15, -0.1) is 11.3 Å². The number of nitrogens with one attached hydrogen (secondary N) is 1. The first kappa shape index (κ1) is 23.3. The molecule has 0 spiro atoms. The van der Waals surface area contributed by atoms with Gasteiger partial charge in [0.2, 0.25) is 5.91 Å². The molecular weight excluding hydrogens is 428 g/mol. The van der Waals surface area contributed by atoms with Gasteiger partial charge >= 0.3 is 5.97 Å². The maximum absolute atomic E-state index is 12.3. The molecule has 0 atom stereocenters. The maximum atomic E-state index is 12.3. The van der Waals surface area contributed by atoms with E-state index in [0.717, 1.165) is 11.3 Å². The molecule has 0 aliphatic heterocycles. The Balaban J connectivity index is 1.40. The van der Waals surface area contributed by atoms with Crippen molar-refractivity contribution in [1.82, 2.24) is 10.3 Å². The number of rotatable bonds is 11. The number of aryl methyl sites for hydroxylation is 2. The van der Waals surface area contributed by atoms with E-state index in [1.165, 1.54) is 24.0 Å². The van der Waals surface area contributed by atoms with Crippen LogP contribution in [0.5, 0.6) is 11.5 Å². The largest absolute Gasteiger partial charge is 0.493 e. The lowest BCUT2D eigenvalue weighted by Gasteiger charge is -2.12. The number of ether oxygens (including phenoxy) is 3. The SMILES string of the molecule is COc1cc(C(=O)OCCNC(=O)CCc2ccc(C)cc2)ccc1OCc1cscn1. The number of aromatic nitrogens is 1. The van der Waals surface area contributed by atoms with Gasteiger partial charge in [-0.25, -0.2) is 9.78 Å². The summed E-state index contributed by atoms with van der Waals surface area (Å²) in [6, 6.07) is 12.9. The Hall–Kier alpha value is -3.39. The van der Waals surface area contributed by atoms with E-state index >= 15 is 0 Å². The number of hydrogen-bond acceptors (Lipinski definition) is 7. The Kier molecular flexibility index (Phi) is 8.62. The van der Waals surface area contributed by atoms with Crippen molar-refractivity contribution >= 4 is 23.2 Å². The molecule has 0 radical (unpaired) electrons. The van der Waals surface area contributed by atoms with Gasteiger partial charge in [0.1, 0.15) is 13.2 Å². The maximum Gasteiger partial charge on any atom is 0.338 e. The monoisotopic (exact) mass is 454 g/mol. The van der Waals surface area contributed by atoms with E-state index in [1.807, 2.05) is 36.6 Å². The van der Waals surface area contributed by atoms with Gasteiger partial charge in [-0.1, -0.05) is 29.8 Å². The van der Waals surface area contributed by atoms with Gasteiger partial charge in [0, 0.05) is 11.8 Å². The molecule has 7 nitrogen and oxygen atoms in total. The first-order valence-electron chi connectivity index (χ1n) is 10.2. The van der Waals surface area contributed by atoms with Gasteiger partial charge in [-0.05, 0) is 37.1 Å². The van der Waals surface area contributed by atoms with Crippen molar-refractivity contribution in [3.8, 4) is 11.5 Å². The topological polar surface area (TPSA) is 86.8 Å². The second-order valence-corrected chi connectivity index (χ2v) is 7.82. The number of hydrogen-bond donors (Lipinski definition) is 1. The molecule has 0 aliphatic rings. The minimum atomic E-state index is -0.497. The van der Waals surface area contributed by atoms with Crippen LogP contribution in [-0.4, -0.2) is 37.1 Å². The fourth-order valence-corrected chi connectivity index (χ4v) is 3.44. The van der Waals surface area contributed by atoms with Crippen LogP contribution in [0.15, 0.2) is 53.4 Å². The van der Waals surface area contributed by atoms with Crippen molar-refractivity contribution in [2.45, 2.75) is 26.4 Å². The van der Waals surface area contributed by atoms with Gasteiger partial charge in [0.25, 0.3) is 0 Å². The Labute approximate surface area is 191 Å². The molecule has 1 amide bonds. The number of methoxy groups -OCH3 is 1. The van der Waals surface area contributed by atoms with Gasteiger partial charge in [0.05, 0.1) is 30.4 Å². The van der Waals surface area contributed by atoms with Crippen molar-refractivity contribution in [3.05, 3.63) is 75.7 Å². The molecule has 3 aromatic rings. The number of thiazole rings is 1. The molecule has 0 unspecified atom stereocenters. The van der Waals surface area contributed by atoms with Crippen LogP contribution in [0.25, 0.3) is 0 Å². The third-order valence-electron chi connectivity index (χ3n) is 4.68. The summed E-state index contributed by atoms with van der Waals surface area (Å²) in [4.78, 5) is 28.5. The van der Waals surface area contributed by atoms with Gasteiger partial charge < -0.3 is 19.5 Å². The molecule has 0 aliphatic carbocycles. The quantitative estimate of drug-likeness (QED) is 0.349. The number of carbonyl (C=O) groups is 2. The van der Waals surface area contributed by atoms with Gasteiger partial charge in [0.15, 0.2) is 11.5 Å². The van der Waals surface area contributed by atoms with Crippen molar-refractivity contribution in [2.24, 2.45) is 0 Å². The average molecular weight is 455 g/mol. The van der Waals surface area contributed by atoms with Crippen molar-refractivity contribution < 1.29 is 23.8 Å². The van der Waals surface area contributed by atoms with Crippen molar-refractivity contribution in [3.63, 3.8) is 0 Å². The minimum Gasteiger partial charge on any atom is -0.493 e. The molecule has 3 rings (SSSR count). The lowest BCUT2D eigenvalue weighted by Crippen LogP contribution is -2.28. The van der Waals surface area contributed by atoms with Crippen LogP contribution in [0, 0.1) is 6.92 Å². The highest BCUT2D eigenvalue weighted by molar-refractivity contribution is 7.07. The summed E-state index contributed by atoms with van der Waals surface area (Å²) in [5.41, 5.74) is 5.21. The molecular formula is C24H26N2O5S. The summed E-state index contributed by atoms with van der Waals surface area (Å²) in [6.07, 6.45) is 1.05. The third kappa shape index (κ3) is 7.09. The van der Waals surface area contributed by atoms with E-state index in [0.29, 0.717) is 36.5 Å². The summed E-state index contributed by atoms with van der Waals surface area (Å²) in [5.74, 6) is 0.366. The zero-order valence-corrected chi connectivity index (χ0v) is 18.9. The molecule has 0 bridgehead atoms. The number of carbonyl (C=O) groups excluding carboxylic acids is 2. The van der Waals surface area contributed by atoms with Crippen molar-refractivity contribution in [1.29, 1.82) is 0 Å². The molecule has 1 N–H and O–H groups in total. The molecule has 32 heavy (non-hydrogen) atoms. The zero-order valence-electron chi connectivity index (χ0n) is 18.1. The number of nitrogens with zero attached hydrogens (tertiary/aromatic N) is 1. The Bertz CT molecular complexity index is 1020. The molecule has 8 heteroatoms. The smallest absolute Gasteiger partial charge is 0.338 e. The van der Waals surface area contributed by atoms with Crippen LogP contribution in [0.4, 0.5) is 0 Å². The van der Waals surface area contributed by atoms with Crippen LogP contribution < -0.4 is 14.8 Å². The predicted molar refractivity (Wildman–Crippen MR) is 122 cm³/mol. The molecule has 1 heterocycles. The number of benzene rings is 2. The van der Waals surface area contributed by atoms with Gasteiger partial charge in [-0.2, -0.15) is 0 Å². The molecule has 168 valence electrons. The van der Waals surface area contributed by atoms with E-state index in [9.17, 15) is 9.59 Å². The van der Waals surface area contributed by atoms with Crippen LogP contribution in [0.3, 0.4) is 0 Å². The standard InChI is InChI=1S/C24H26N2O5S/c1-17-3-5-18(6-4-17)7-10-23(27)25-11-12-30-24(28)19-8-9-21(22(13-19)29-2)31-14-20-15-32-16-26-20/h3-6,8-9,13,15-16H,7,10-12,14H2,1-2H3,(H,25,27). The Morgan fingerprint density at radius 3 is 2.62 bits per heavy atom. The second-order valence-electron chi connectivity index (χ2n) is 7.11. The summed E-state index contributed by atoms with van der Waals surface area (Å²) in [5, 5.41) is 4.67. The molecule has 0 saturated heterocycles. The van der Waals surface area contributed by atoms with E-state index in [4.69, 9.17) is 14.2 Å². The summed E-state index contributed by atoms with van der Waals surface area (Å²) in [6.45, 7) is 2.68. The van der Waals surface area contributed by atoms with Crippen molar-refractivity contribution in [2.75, 3.05) is 20.3 Å². The van der Waals surface area contributed by atoms with Gasteiger partial charge in [-0.3, -0.25) is 4.79 Å². The van der Waals surface area contributed by atoms with E-state index in [-0.39, 0.29) is 19.1 Å². The van der Waals surface area contributed by atoms with Crippen LogP contribution in [-0.2, 0) is 22.6 Å². The number of amides is 1. The molecule has 0 saturated carbocycles.